The van der Waals surface area contributed by atoms with Gasteiger partial charge in [-0.3, -0.25) is 0 Å². The van der Waals surface area contributed by atoms with Gasteiger partial charge in [0.05, 0.1) is 12.2 Å². The smallest absolute Gasteiger partial charge is 1.00 e. The van der Waals surface area contributed by atoms with Gasteiger partial charge in [-0.15, -0.1) is 0 Å². The predicted octanol–water partition coefficient (Wildman–Crippen LogP) is -0.504. The van der Waals surface area contributed by atoms with Crippen LogP contribution >= 0.6 is 15.9 Å². The first-order valence-electron chi connectivity index (χ1n) is 5.20. The van der Waals surface area contributed by atoms with E-state index in [1.165, 1.54) is 0 Å². The molecule has 0 radical (unpaired) electrons. The molecule has 0 spiro atoms. The molecule has 0 saturated carbocycles. The van der Waals surface area contributed by atoms with Gasteiger partial charge >= 0.3 is 35.5 Å². The maximum absolute atomic E-state index is 11.6. The largest absolute Gasteiger partial charge is 1.00 e. The number of hydrogen-bond acceptors (Lipinski definition) is 3. The third kappa shape index (κ3) is 6.58. The molecule has 0 aliphatic carbocycles. The van der Waals surface area contributed by atoms with Crippen LogP contribution in [-0.2, 0) is 4.74 Å². The van der Waals surface area contributed by atoms with Crippen LogP contribution in [0.5, 0.6) is 0 Å². The Hall–Kier alpha value is 0.130. The Morgan fingerprint density at radius 2 is 2.06 bits per heavy atom. The molecule has 1 unspecified atom stereocenters. The third-order valence-electron chi connectivity index (χ3n) is 2.15. The molecule has 1 atom stereocenters. The molecule has 0 aliphatic rings. The average Bonchev–Trinajstić information content (AvgIpc) is 2.35. The van der Waals surface area contributed by atoms with Crippen LogP contribution < -0.4 is 29.6 Å². The SMILES string of the molecule is O=C(OC(CO)CCCBr)c1ccccc1.[H-].[Na+]. The van der Waals surface area contributed by atoms with E-state index < -0.39 is 6.10 Å². The number of aliphatic hydroxyl groups excluding tert-OH is 1. The van der Waals surface area contributed by atoms with Crippen molar-refractivity contribution in [3.05, 3.63) is 35.9 Å². The van der Waals surface area contributed by atoms with E-state index >= 15 is 0 Å². The molecule has 3 nitrogen and oxygen atoms in total. The van der Waals surface area contributed by atoms with Gasteiger partial charge in [0.1, 0.15) is 6.10 Å². The van der Waals surface area contributed by atoms with Gasteiger partial charge in [-0.2, -0.15) is 0 Å². The second-order valence-electron chi connectivity index (χ2n) is 3.41. The summed E-state index contributed by atoms with van der Waals surface area (Å²) in [5, 5.41) is 9.90. The standard InChI is InChI=1S/C12H15BrO3.Na.H/c13-8-4-7-11(9-14)16-12(15)10-5-2-1-3-6-10;;/h1-3,5-6,11,14H,4,7-9H2;;/q;+1;-1. The maximum atomic E-state index is 11.6. The fraction of sp³-hybridized carbons (Fsp3) is 0.417. The Morgan fingerprint density at radius 1 is 1.41 bits per heavy atom. The summed E-state index contributed by atoms with van der Waals surface area (Å²) in [7, 11) is 0. The minimum Gasteiger partial charge on any atom is -1.00 e. The van der Waals surface area contributed by atoms with Gasteiger partial charge < -0.3 is 11.3 Å². The van der Waals surface area contributed by atoms with Crippen molar-refractivity contribution in [1.82, 2.24) is 0 Å². The van der Waals surface area contributed by atoms with Crippen LogP contribution in [0, 0.1) is 0 Å². The summed E-state index contributed by atoms with van der Waals surface area (Å²) in [6.07, 6.45) is 1.12. The number of carbonyl (C=O) groups is 1. The van der Waals surface area contributed by atoms with Crippen LogP contribution in [0.2, 0.25) is 0 Å². The Balaban J connectivity index is 0. The van der Waals surface area contributed by atoms with Crippen molar-refractivity contribution in [3.8, 4) is 0 Å². The zero-order valence-corrected chi connectivity index (χ0v) is 13.5. The summed E-state index contributed by atoms with van der Waals surface area (Å²) >= 11 is 3.30. The van der Waals surface area contributed by atoms with Crippen LogP contribution in [-0.4, -0.2) is 29.1 Å². The minimum atomic E-state index is -0.412. The summed E-state index contributed by atoms with van der Waals surface area (Å²) < 4.78 is 5.18. The number of ether oxygens (including phenoxy) is 1. The van der Waals surface area contributed by atoms with Gasteiger partial charge in [-0.1, -0.05) is 34.1 Å². The van der Waals surface area contributed by atoms with Gasteiger partial charge in [0.15, 0.2) is 0 Å². The number of alkyl halides is 1. The number of halogens is 1. The quantitative estimate of drug-likeness (QED) is 0.438. The van der Waals surface area contributed by atoms with Gasteiger partial charge in [-0.05, 0) is 25.0 Å². The molecular weight excluding hydrogens is 295 g/mol. The Labute approximate surface area is 133 Å². The molecule has 0 bridgehead atoms. The molecule has 90 valence electrons. The van der Waals surface area contributed by atoms with Crippen molar-refractivity contribution < 1.29 is 45.6 Å². The minimum absolute atomic E-state index is 0. The molecule has 0 amide bonds. The van der Waals surface area contributed by atoms with Crippen molar-refractivity contribution in [3.63, 3.8) is 0 Å². The van der Waals surface area contributed by atoms with E-state index in [9.17, 15) is 4.79 Å². The van der Waals surface area contributed by atoms with Crippen LogP contribution in [0.4, 0.5) is 0 Å². The topological polar surface area (TPSA) is 46.5 Å². The van der Waals surface area contributed by atoms with Crippen molar-refractivity contribution in [1.29, 1.82) is 0 Å². The summed E-state index contributed by atoms with van der Waals surface area (Å²) in [4.78, 5) is 11.6. The van der Waals surface area contributed by atoms with E-state index in [-0.39, 0.29) is 43.6 Å². The van der Waals surface area contributed by atoms with Crippen molar-refractivity contribution >= 4 is 21.9 Å². The zero-order chi connectivity index (χ0) is 11.8. The van der Waals surface area contributed by atoms with Crippen LogP contribution in [0.1, 0.15) is 24.6 Å². The first kappa shape index (κ1) is 17.1. The van der Waals surface area contributed by atoms with Crippen molar-refractivity contribution in [2.75, 3.05) is 11.9 Å². The molecule has 0 aromatic heterocycles. The normalized spacial score (nSPS) is 11.4. The monoisotopic (exact) mass is 310 g/mol. The van der Waals surface area contributed by atoms with Crippen molar-refractivity contribution in [2.45, 2.75) is 18.9 Å². The summed E-state index contributed by atoms with van der Waals surface area (Å²) in [5.41, 5.74) is 0.514. The maximum Gasteiger partial charge on any atom is 1.00 e. The molecule has 1 aromatic rings. The molecule has 5 heteroatoms. The van der Waals surface area contributed by atoms with Crippen LogP contribution in [0.25, 0.3) is 0 Å². The molecule has 17 heavy (non-hydrogen) atoms. The number of rotatable bonds is 6. The number of hydrogen-bond donors (Lipinski definition) is 1. The van der Waals surface area contributed by atoms with Crippen LogP contribution in [0.3, 0.4) is 0 Å². The van der Waals surface area contributed by atoms with Crippen molar-refractivity contribution in [2.24, 2.45) is 0 Å². The Morgan fingerprint density at radius 3 is 2.59 bits per heavy atom. The second kappa shape index (κ2) is 10.1. The number of carbonyl (C=O) groups excluding carboxylic acids is 1. The van der Waals surface area contributed by atoms with Gasteiger partial charge in [-0.25, -0.2) is 4.79 Å². The molecule has 1 aromatic carbocycles. The number of aliphatic hydroxyl groups is 1. The van der Waals surface area contributed by atoms with E-state index in [0.29, 0.717) is 12.0 Å². The summed E-state index contributed by atoms with van der Waals surface area (Å²) in [6.45, 7) is -0.133. The number of benzene rings is 1. The molecule has 1 N–H and O–H groups in total. The fourth-order valence-electron chi connectivity index (χ4n) is 1.29. The van der Waals surface area contributed by atoms with E-state index in [1.54, 1.807) is 24.3 Å². The predicted molar refractivity (Wildman–Crippen MR) is 66.9 cm³/mol. The summed E-state index contributed by atoms with van der Waals surface area (Å²) in [5.74, 6) is -0.380. The van der Waals surface area contributed by atoms with Gasteiger partial charge in [0, 0.05) is 5.33 Å². The zero-order valence-electron chi connectivity index (χ0n) is 10.9. The molecular formula is C12H16BrNaO3. The second-order valence-corrected chi connectivity index (χ2v) is 4.20. The summed E-state index contributed by atoms with van der Waals surface area (Å²) in [6, 6.07) is 8.79. The van der Waals surface area contributed by atoms with Gasteiger partial charge in [0.25, 0.3) is 0 Å². The van der Waals surface area contributed by atoms with E-state index in [1.807, 2.05) is 6.07 Å². The Bertz CT molecular complexity index is 324. The molecule has 0 saturated heterocycles. The fourth-order valence-corrected chi connectivity index (χ4v) is 1.61. The first-order chi connectivity index (χ1) is 7.77. The number of esters is 1. The van der Waals surface area contributed by atoms with E-state index in [4.69, 9.17) is 9.84 Å². The molecule has 0 aliphatic heterocycles. The third-order valence-corrected chi connectivity index (χ3v) is 2.71. The van der Waals surface area contributed by atoms with E-state index in [0.717, 1.165) is 11.8 Å². The molecule has 1 rings (SSSR count). The average molecular weight is 311 g/mol. The Kier molecular flexibility index (Phi) is 10.2. The van der Waals surface area contributed by atoms with E-state index in [2.05, 4.69) is 15.9 Å². The van der Waals surface area contributed by atoms with Gasteiger partial charge in [0.2, 0.25) is 0 Å². The first-order valence-corrected chi connectivity index (χ1v) is 6.33. The molecule has 0 fully saturated rings. The molecule has 0 heterocycles. The van der Waals surface area contributed by atoms with Crippen LogP contribution in [0.15, 0.2) is 30.3 Å².